The van der Waals surface area contributed by atoms with E-state index in [9.17, 15) is 14.4 Å². The van der Waals surface area contributed by atoms with E-state index >= 15 is 0 Å². The quantitative estimate of drug-likeness (QED) is 0.389. The number of nitrogens with one attached hydrogen (secondary N) is 1. The number of aliphatic carboxylic acids is 1. The fourth-order valence-electron chi connectivity index (χ4n) is 1.76. The van der Waals surface area contributed by atoms with Crippen molar-refractivity contribution in [3.63, 3.8) is 0 Å². The molecule has 1 fully saturated rings. The zero-order valence-corrected chi connectivity index (χ0v) is 11.8. The third-order valence-corrected chi connectivity index (χ3v) is 3.15. The van der Waals surface area contributed by atoms with Gasteiger partial charge in [0.1, 0.15) is 30.8 Å². The lowest BCUT2D eigenvalue weighted by Crippen LogP contribution is -2.47. The molecular formula is C12H21N3O6. The van der Waals surface area contributed by atoms with Gasteiger partial charge in [-0.25, -0.2) is 0 Å². The second-order valence-corrected chi connectivity index (χ2v) is 4.89. The zero-order chi connectivity index (χ0) is 16.0. The number of ether oxygens (including phenoxy) is 2. The van der Waals surface area contributed by atoms with Crippen LogP contribution in [0.5, 0.6) is 0 Å². The van der Waals surface area contributed by atoms with Crippen LogP contribution in [0.1, 0.15) is 19.8 Å². The minimum Gasteiger partial charge on any atom is -0.480 e. The number of rotatable bonds is 7. The Balaban J connectivity index is 2.38. The molecule has 0 radical (unpaired) electrons. The minimum absolute atomic E-state index is 0.379. The van der Waals surface area contributed by atoms with Gasteiger partial charge in [0, 0.05) is 0 Å². The van der Waals surface area contributed by atoms with Gasteiger partial charge in [-0.15, -0.1) is 0 Å². The molecule has 6 N–H and O–H groups in total. The number of carboxylic acid groups (broad SMARTS) is 1. The van der Waals surface area contributed by atoms with E-state index in [-0.39, 0.29) is 6.04 Å². The predicted octanol–water partition coefficient (Wildman–Crippen LogP) is -2.05. The molecule has 4 atom stereocenters. The maximum Gasteiger partial charge on any atom is 0.326 e. The topological polar surface area (TPSA) is 154 Å². The third kappa shape index (κ3) is 5.29. The zero-order valence-electron chi connectivity index (χ0n) is 11.8. The van der Waals surface area contributed by atoms with Crippen LogP contribution in [0.3, 0.4) is 0 Å². The Morgan fingerprint density at radius 1 is 1.38 bits per heavy atom. The van der Waals surface area contributed by atoms with Crippen LogP contribution in [0.2, 0.25) is 0 Å². The van der Waals surface area contributed by atoms with Crippen LogP contribution in [0, 0.1) is 0 Å². The van der Waals surface area contributed by atoms with Crippen molar-refractivity contribution >= 4 is 17.9 Å². The first-order valence-corrected chi connectivity index (χ1v) is 6.67. The van der Waals surface area contributed by atoms with Crippen molar-refractivity contribution in [3.8, 4) is 0 Å². The Morgan fingerprint density at radius 3 is 2.57 bits per heavy atom. The van der Waals surface area contributed by atoms with E-state index in [1.54, 1.807) is 0 Å². The summed E-state index contributed by atoms with van der Waals surface area (Å²) in [6.45, 7) is 1.72. The molecule has 120 valence electrons. The number of nitrogens with two attached hydrogens (primary N) is 2. The highest BCUT2D eigenvalue weighted by Crippen LogP contribution is 2.09. The van der Waals surface area contributed by atoms with Gasteiger partial charge in [0.2, 0.25) is 0 Å². The van der Waals surface area contributed by atoms with Crippen molar-refractivity contribution in [2.24, 2.45) is 11.5 Å². The number of carboxylic acids is 1. The summed E-state index contributed by atoms with van der Waals surface area (Å²) >= 11 is 0. The molecule has 9 nitrogen and oxygen atoms in total. The van der Waals surface area contributed by atoms with Crippen LogP contribution in [-0.4, -0.2) is 60.4 Å². The molecule has 1 heterocycles. The highest BCUT2D eigenvalue weighted by atomic mass is 16.6. The average Bonchev–Trinajstić information content (AvgIpc) is 2.97. The summed E-state index contributed by atoms with van der Waals surface area (Å²) < 4.78 is 9.78. The molecule has 1 rings (SSSR count). The standard InChI is InChI=1S/C12H21N3O6/c1-6(21-11(18)8-3-2-4-15-8)9(14)12(19)20-5-7(13)10(16)17/h6-9,15H,2-5,13-14H2,1H3,(H,16,17)/t6-,7+,8+,9+/m1/s1. The Kier molecular flexibility index (Phi) is 6.53. The van der Waals surface area contributed by atoms with Crippen molar-refractivity contribution in [1.29, 1.82) is 0 Å². The maximum absolute atomic E-state index is 11.7. The number of carbonyl (C=O) groups excluding carboxylic acids is 2. The highest BCUT2D eigenvalue weighted by molar-refractivity contribution is 5.80. The van der Waals surface area contributed by atoms with Crippen LogP contribution in [0.15, 0.2) is 0 Å². The van der Waals surface area contributed by atoms with E-state index in [1.807, 2.05) is 0 Å². The van der Waals surface area contributed by atoms with Gasteiger partial charge in [-0.3, -0.25) is 14.4 Å². The van der Waals surface area contributed by atoms with Crippen LogP contribution in [-0.2, 0) is 23.9 Å². The Morgan fingerprint density at radius 2 is 2.05 bits per heavy atom. The van der Waals surface area contributed by atoms with Crippen molar-refractivity contribution in [1.82, 2.24) is 5.32 Å². The monoisotopic (exact) mass is 303 g/mol. The molecule has 0 saturated carbocycles. The summed E-state index contributed by atoms with van der Waals surface area (Å²) in [6.07, 6.45) is 0.682. The van der Waals surface area contributed by atoms with Gasteiger partial charge in [0.15, 0.2) is 0 Å². The van der Waals surface area contributed by atoms with E-state index in [1.165, 1.54) is 6.92 Å². The van der Waals surface area contributed by atoms with Crippen molar-refractivity contribution < 1.29 is 29.0 Å². The molecule has 0 aromatic carbocycles. The minimum atomic E-state index is -1.32. The van der Waals surface area contributed by atoms with Crippen LogP contribution < -0.4 is 16.8 Å². The van der Waals surface area contributed by atoms with Crippen molar-refractivity contribution in [2.75, 3.05) is 13.2 Å². The van der Waals surface area contributed by atoms with E-state index in [2.05, 4.69) is 10.1 Å². The van der Waals surface area contributed by atoms with Gasteiger partial charge < -0.3 is 31.4 Å². The van der Waals surface area contributed by atoms with E-state index in [4.69, 9.17) is 21.3 Å². The fraction of sp³-hybridized carbons (Fsp3) is 0.750. The number of hydrogen-bond donors (Lipinski definition) is 4. The second-order valence-electron chi connectivity index (χ2n) is 4.89. The van der Waals surface area contributed by atoms with Crippen LogP contribution in [0.4, 0.5) is 0 Å². The van der Waals surface area contributed by atoms with Crippen LogP contribution in [0.25, 0.3) is 0 Å². The highest BCUT2D eigenvalue weighted by Gasteiger charge is 2.30. The Labute approximate surface area is 121 Å². The van der Waals surface area contributed by atoms with Gasteiger partial charge in [-0.1, -0.05) is 0 Å². The first-order chi connectivity index (χ1) is 9.82. The molecule has 1 aliphatic rings. The van der Waals surface area contributed by atoms with Gasteiger partial charge in [0.05, 0.1) is 0 Å². The molecular weight excluding hydrogens is 282 g/mol. The number of carbonyl (C=O) groups is 3. The number of hydrogen-bond acceptors (Lipinski definition) is 8. The molecule has 9 heteroatoms. The summed E-state index contributed by atoms with van der Waals surface area (Å²) in [5.74, 6) is -2.62. The molecule has 0 spiro atoms. The molecule has 0 aliphatic carbocycles. The average molecular weight is 303 g/mol. The van der Waals surface area contributed by atoms with E-state index in [0.29, 0.717) is 6.42 Å². The maximum atomic E-state index is 11.7. The SMILES string of the molecule is C[C@@H](OC(=O)[C@@H]1CCCN1)[C@H](N)C(=O)OC[C@H](N)C(=O)O. The fourth-order valence-corrected chi connectivity index (χ4v) is 1.76. The van der Waals surface area contributed by atoms with Gasteiger partial charge >= 0.3 is 17.9 Å². The van der Waals surface area contributed by atoms with E-state index < -0.39 is 42.7 Å². The lowest BCUT2D eigenvalue weighted by atomic mass is 10.2. The first-order valence-electron chi connectivity index (χ1n) is 6.67. The first kappa shape index (κ1) is 17.3. The molecule has 0 aromatic rings. The van der Waals surface area contributed by atoms with Crippen molar-refractivity contribution in [2.45, 2.75) is 44.0 Å². The summed E-state index contributed by atoms with van der Waals surface area (Å²) in [6, 6.07) is -2.89. The summed E-state index contributed by atoms with van der Waals surface area (Å²) in [7, 11) is 0. The summed E-state index contributed by atoms with van der Waals surface area (Å²) in [4.78, 5) is 33.8. The number of esters is 2. The molecule has 0 bridgehead atoms. The Hall–Kier alpha value is -1.71. The van der Waals surface area contributed by atoms with Crippen LogP contribution >= 0.6 is 0 Å². The molecule has 1 aliphatic heterocycles. The second kappa shape index (κ2) is 7.91. The normalized spacial score (nSPS) is 22.1. The predicted molar refractivity (Wildman–Crippen MR) is 71.1 cm³/mol. The lowest BCUT2D eigenvalue weighted by molar-refractivity contribution is -0.158. The molecule has 1 saturated heterocycles. The Bertz CT molecular complexity index is 396. The molecule has 0 amide bonds. The largest absolute Gasteiger partial charge is 0.480 e. The third-order valence-electron chi connectivity index (χ3n) is 3.15. The molecule has 21 heavy (non-hydrogen) atoms. The molecule has 0 aromatic heterocycles. The van der Waals surface area contributed by atoms with Gasteiger partial charge in [-0.05, 0) is 26.3 Å². The van der Waals surface area contributed by atoms with Gasteiger partial charge in [-0.2, -0.15) is 0 Å². The lowest BCUT2D eigenvalue weighted by Gasteiger charge is -2.21. The molecule has 0 unspecified atom stereocenters. The van der Waals surface area contributed by atoms with E-state index in [0.717, 1.165) is 13.0 Å². The summed E-state index contributed by atoms with van der Waals surface area (Å²) in [5, 5.41) is 11.5. The smallest absolute Gasteiger partial charge is 0.326 e. The summed E-state index contributed by atoms with van der Waals surface area (Å²) in [5.41, 5.74) is 10.8. The van der Waals surface area contributed by atoms with Gasteiger partial charge in [0.25, 0.3) is 0 Å². The van der Waals surface area contributed by atoms with Crippen molar-refractivity contribution in [3.05, 3.63) is 0 Å².